The second kappa shape index (κ2) is 6.41. The van der Waals surface area contributed by atoms with Crippen molar-refractivity contribution < 1.29 is 4.74 Å². The van der Waals surface area contributed by atoms with Crippen LogP contribution in [0.5, 0.6) is 0 Å². The van der Waals surface area contributed by atoms with Gasteiger partial charge in [-0.25, -0.2) is 0 Å². The van der Waals surface area contributed by atoms with Crippen LogP contribution in [-0.2, 0) is 4.74 Å². The van der Waals surface area contributed by atoms with Gasteiger partial charge in [-0.2, -0.15) is 0 Å². The Balaban J connectivity index is 2.08. The monoisotopic (exact) mass is 199 g/mol. The highest BCUT2D eigenvalue weighted by molar-refractivity contribution is 4.81. The van der Waals surface area contributed by atoms with Crippen LogP contribution in [0.2, 0.25) is 0 Å². The van der Waals surface area contributed by atoms with Crippen LogP contribution in [-0.4, -0.2) is 25.3 Å². The van der Waals surface area contributed by atoms with Crippen LogP contribution in [0, 0.1) is 5.92 Å². The van der Waals surface area contributed by atoms with E-state index in [1.807, 2.05) is 0 Å². The smallest absolute Gasteiger partial charge is 0.0590 e. The molecule has 0 saturated heterocycles. The maximum absolute atomic E-state index is 5.83. The van der Waals surface area contributed by atoms with Crippen LogP contribution in [0.3, 0.4) is 0 Å². The zero-order valence-electron chi connectivity index (χ0n) is 9.88. The van der Waals surface area contributed by atoms with Gasteiger partial charge in [0.1, 0.15) is 0 Å². The third kappa shape index (κ3) is 4.43. The quantitative estimate of drug-likeness (QED) is 0.710. The molecule has 2 nitrogen and oxygen atoms in total. The van der Waals surface area contributed by atoms with Crippen molar-refractivity contribution in [3.8, 4) is 0 Å². The summed E-state index contributed by atoms with van der Waals surface area (Å²) in [5, 5.41) is 3.57. The largest absolute Gasteiger partial charge is 0.378 e. The molecule has 0 heterocycles. The van der Waals surface area contributed by atoms with Gasteiger partial charge in [-0.15, -0.1) is 0 Å². The van der Waals surface area contributed by atoms with Gasteiger partial charge < -0.3 is 10.1 Å². The molecule has 1 rings (SSSR count). The molecule has 14 heavy (non-hydrogen) atoms. The predicted molar refractivity (Wildman–Crippen MR) is 60.5 cm³/mol. The summed E-state index contributed by atoms with van der Waals surface area (Å²) in [4.78, 5) is 0. The lowest BCUT2D eigenvalue weighted by atomic mass is 10.2. The molecular formula is C12H25NO. The minimum atomic E-state index is 0.520. The fraction of sp³-hybridized carbons (Fsp3) is 1.00. The van der Waals surface area contributed by atoms with Crippen LogP contribution in [0.1, 0.15) is 46.5 Å². The van der Waals surface area contributed by atoms with Gasteiger partial charge in [-0.05, 0) is 38.1 Å². The molecule has 0 radical (unpaired) electrons. The average Bonchev–Trinajstić information content (AvgIpc) is 2.59. The predicted octanol–water partition coefficient (Wildman–Crippen LogP) is 2.58. The van der Waals surface area contributed by atoms with Crippen LogP contribution in [0.4, 0.5) is 0 Å². The van der Waals surface area contributed by atoms with E-state index < -0.39 is 0 Å². The Morgan fingerprint density at radius 3 is 2.79 bits per heavy atom. The van der Waals surface area contributed by atoms with E-state index in [2.05, 4.69) is 26.1 Å². The molecular weight excluding hydrogens is 174 g/mol. The average molecular weight is 199 g/mol. The van der Waals surface area contributed by atoms with Gasteiger partial charge in [0.2, 0.25) is 0 Å². The molecule has 0 aliphatic heterocycles. The first-order valence-corrected chi connectivity index (χ1v) is 6.07. The van der Waals surface area contributed by atoms with Gasteiger partial charge in [0.15, 0.2) is 0 Å². The number of hydrogen-bond donors (Lipinski definition) is 1. The molecule has 0 spiro atoms. The second-order valence-electron chi connectivity index (χ2n) is 4.81. The maximum Gasteiger partial charge on any atom is 0.0590 e. The van der Waals surface area contributed by atoms with Crippen molar-refractivity contribution in [3.63, 3.8) is 0 Å². The van der Waals surface area contributed by atoms with Gasteiger partial charge in [0, 0.05) is 12.6 Å². The molecule has 1 fully saturated rings. The molecule has 1 N–H and O–H groups in total. The molecule has 2 unspecified atom stereocenters. The van der Waals surface area contributed by atoms with Crippen molar-refractivity contribution in [2.75, 3.05) is 13.2 Å². The third-order valence-corrected chi connectivity index (χ3v) is 2.73. The van der Waals surface area contributed by atoms with Crippen molar-refractivity contribution >= 4 is 0 Å². The van der Waals surface area contributed by atoms with E-state index in [4.69, 9.17) is 4.74 Å². The Kier molecular flexibility index (Phi) is 5.49. The molecule has 84 valence electrons. The van der Waals surface area contributed by atoms with Gasteiger partial charge in [-0.3, -0.25) is 0 Å². The van der Waals surface area contributed by atoms with Gasteiger partial charge in [0.05, 0.1) is 6.10 Å². The summed E-state index contributed by atoms with van der Waals surface area (Å²) >= 11 is 0. The number of hydrogen-bond acceptors (Lipinski definition) is 2. The van der Waals surface area contributed by atoms with E-state index in [0.717, 1.165) is 13.2 Å². The summed E-state index contributed by atoms with van der Waals surface area (Å²) in [5.74, 6) is 0.664. The lowest BCUT2D eigenvalue weighted by Gasteiger charge is -2.14. The second-order valence-corrected chi connectivity index (χ2v) is 4.81. The molecule has 0 bridgehead atoms. The zero-order chi connectivity index (χ0) is 10.4. The molecule has 0 aromatic rings. The minimum Gasteiger partial charge on any atom is -0.378 e. The van der Waals surface area contributed by atoms with E-state index >= 15 is 0 Å². The van der Waals surface area contributed by atoms with Gasteiger partial charge in [-0.1, -0.05) is 20.8 Å². The maximum atomic E-state index is 5.83. The van der Waals surface area contributed by atoms with Crippen LogP contribution >= 0.6 is 0 Å². The van der Waals surface area contributed by atoms with E-state index in [1.54, 1.807) is 0 Å². The van der Waals surface area contributed by atoms with E-state index in [0.29, 0.717) is 18.1 Å². The number of ether oxygens (including phenoxy) is 1. The first-order valence-electron chi connectivity index (χ1n) is 6.07. The normalized spacial score (nSPS) is 27.4. The molecule has 2 atom stereocenters. The Hall–Kier alpha value is -0.0800. The fourth-order valence-electron chi connectivity index (χ4n) is 1.95. The topological polar surface area (TPSA) is 21.3 Å². The summed E-state index contributed by atoms with van der Waals surface area (Å²) < 4.78 is 5.83. The molecule has 2 heteroatoms. The molecule has 1 aliphatic carbocycles. The summed E-state index contributed by atoms with van der Waals surface area (Å²) in [6, 6.07) is 0.715. The number of rotatable bonds is 6. The number of nitrogens with one attached hydrogen (secondary N) is 1. The van der Waals surface area contributed by atoms with Crippen LogP contribution in [0.25, 0.3) is 0 Å². The lowest BCUT2D eigenvalue weighted by Crippen LogP contribution is -2.28. The Labute approximate surface area is 88.4 Å². The Morgan fingerprint density at radius 1 is 1.36 bits per heavy atom. The molecule has 1 saturated carbocycles. The van der Waals surface area contributed by atoms with Crippen molar-refractivity contribution in [1.29, 1.82) is 0 Å². The minimum absolute atomic E-state index is 0.520. The SMILES string of the molecule is CCCNC1CCC(OCC(C)C)C1. The summed E-state index contributed by atoms with van der Waals surface area (Å²) in [7, 11) is 0. The van der Waals surface area contributed by atoms with Crippen LogP contribution in [0.15, 0.2) is 0 Å². The standard InChI is InChI=1S/C12H25NO/c1-4-7-13-11-5-6-12(8-11)14-9-10(2)3/h10-13H,4-9H2,1-3H3. The highest BCUT2D eigenvalue weighted by Crippen LogP contribution is 2.22. The van der Waals surface area contributed by atoms with Crippen molar-refractivity contribution in [3.05, 3.63) is 0 Å². The first kappa shape index (κ1) is 12.0. The first-order chi connectivity index (χ1) is 6.72. The molecule has 0 amide bonds. The molecule has 0 aromatic carbocycles. The van der Waals surface area contributed by atoms with E-state index in [1.165, 1.54) is 25.7 Å². The van der Waals surface area contributed by atoms with Crippen LogP contribution < -0.4 is 5.32 Å². The van der Waals surface area contributed by atoms with Crippen molar-refractivity contribution in [2.24, 2.45) is 5.92 Å². The molecule has 1 aliphatic rings. The summed E-state index contributed by atoms with van der Waals surface area (Å²) in [6.45, 7) is 8.71. The summed E-state index contributed by atoms with van der Waals surface area (Å²) in [6.07, 6.45) is 5.50. The van der Waals surface area contributed by atoms with E-state index in [9.17, 15) is 0 Å². The molecule has 0 aromatic heterocycles. The van der Waals surface area contributed by atoms with Crippen molar-refractivity contribution in [2.45, 2.75) is 58.6 Å². The fourth-order valence-corrected chi connectivity index (χ4v) is 1.95. The zero-order valence-corrected chi connectivity index (χ0v) is 9.88. The van der Waals surface area contributed by atoms with Crippen molar-refractivity contribution in [1.82, 2.24) is 5.32 Å². The Bertz CT molecular complexity index is 147. The summed E-state index contributed by atoms with van der Waals surface area (Å²) in [5.41, 5.74) is 0. The van der Waals surface area contributed by atoms with Gasteiger partial charge >= 0.3 is 0 Å². The Morgan fingerprint density at radius 2 is 2.14 bits per heavy atom. The highest BCUT2D eigenvalue weighted by Gasteiger charge is 2.24. The third-order valence-electron chi connectivity index (χ3n) is 2.73. The lowest BCUT2D eigenvalue weighted by molar-refractivity contribution is 0.0392. The van der Waals surface area contributed by atoms with Gasteiger partial charge in [0.25, 0.3) is 0 Å². The van der Waals surface area contributed by atoms with E-state index in [-0.39, 0.29) is 0 Å². The highest BCUT2D eigenvalue weighted by atomic mass is 16.5.